The summed E-state index contributed by atoms with van der Waals surface area (Å²) >= 11 is 5.98. The molecule has 0 aliphatic carbocycles. The van der Waals surface area contributed by atoms with Gasteiger partial charge in [-0.3, -0.25) is 9.88 Å². The van der Waals surface area contributed by atoms with Crippen molar-refractivity contribution in [2.75, 3.05) is 32.6 Å². The molecule has 2 aromatic carbocycles. The quantitative estimate of drug-likeness (QED) is 0.565. The van der Waals surface area contributed by atoms with Crippen molar-refractivity contribution in [1.29, 1.82) is 0 Å². The lowest BCUT2D eigenvalue weighted by Crippen LogP contribution is -2.45. The number of amides is 2. The van der Waals surface area contributed by atoms with Crippen molar-refractivity contribution in [3.8, 4) is 11.5 Å². The molecule has 0 bridgehead atoms. The Morgan fingerprint density at radius 1 is 1.12 bits per heavy atom. The fourth-order valence-corrected chi connectivity index (χ4v) is 4.25. The molecule has 0 radical (unpaired) electrons. The van der Waals surface area contributed by atoms with Crippen molar-refractivity contribution in [1.82, 2.24) is 15.2 Å². The number of urea groups is 1. The maximum Gasteiger partial charge on any atom is 0.319 e. The third-order valence-corrected chi connectivity index (χ3v) is 5.97. The number of benzene rings is 2. The second kappa shape index (κ2) is 10.1. The molecule has 1 aliphatic rings. The Balaban J connectivity index is 1.35. The van der Waals surface area contributed by atoms with Gasteiger partial charge in [-0.15, -0.1) is 0 Å². The molecule has 8 heteroatoms. The van der Waals surface area contributed by atoms with Crippen molar-refractivity contribution < 1.29 is 14.3 Å². The van der Waals surface area contributed by atoms with Crippen LogP contribution < -0.4 is 20.1 Å². The monoisotopic (exact) mass is 454 g/mol. The third-order valence-electron chi connectivity index (χ3n) is 5.74. The van der Waals surface area contributed by atoms with Crippen LogP contribution in [-0.2, 0) is 6.54 Å². The first-order valence-corrected chi connectivity index (χ1v) is 11.0. The van der Waals surface area contributed by atoms with Crippen molar-refractivity contribution in [2.24, 2.45) is 0 Å². The molecule has 1 saturated heterocycles. The van der Waals surface area contributed by atoms with Crippen LogP contribution >= 0.6 is 11.6 Å². The minimum absolute atomic E-state index is 0.143. The molecule has 0 spiro atoms. The molecular weight excluding hydrogens is 428 g/mol. The zero-order valence-corrected chi connectivity index (χ0v) is 19.0. The molecule has 1 aromatic heterocycles. The number of anilines is 1. The van der Waals surface area contributed by atoms with Crippen molar-refractivity contribution in [2.45, 2.75) is 25.4 Å². The van der Waals surface area contributed by atoms with Gasteiger partial charge in [0.15, 0.2) is 11.5 Å². The summed E-state index contributed by atoms with van der Waals surface area (Å²) in [5.41, 5.74) is 2.76. The van der Waals surface area contributed by atoms with E-state index in [2.05, 4.69) is 26.6 Å². The Hall–Kier alpha value is -3.03. The second-order valence-corrected chi connectivity index (χ2v) is 8.29. The normalized spacial score (nSPS) is 14.8. The molecular formula is C24H27ClN4O3. The second-order valence-electron chi connectivity index (χ2n) is 7.85. The Morgan fingerprint density at radius 2 is 1.88 bits per heavy atom. The summed E-state index contributed by atoms with van der Waals surface area (Å²) in [6.45, 7) is 2.62. The highest BCUT2D eigenvalue weighted by atomic mass is 35.5. The number of pyridine rings is 1. The standard InChI is InChI=1S/C24H27ClN4O3/c1-31-22-13-20-16(6-9-26-21(20)14-23(22)32-2)15-29-10-7-18(8-11-29)27-24(30)28-19-5-3-4-17(25)12-19/h3-6,9,12-14,18H,7-8,10-11,15H2,1-2H3,(H2,27,28,30). The van der Waals surface area contributed by atoms with Gasteiger partial charge in [-0.05, 0) is 48.7 Å². The topological polar surface area (TPSA) is 75.7 Å². The van der Waals surface area contributed by atoms with E-state index in [1.807, 2.05) is 30.5 Å². The van der Waals surface area contributed by atoms with Gasteiger partial charge >= 0.3 is 6.03 Å². The van der Waals surface area contributed by atoms with Crippen LogP contribution in [0.4, 0.5) is 10.5 Å². The molecule has 0 atom stereocenters. The van der Waals surface area contributed by atoms with E-state index in [-0.39, 0.29) is 12.1 Å². The molecule has 7 nitrogen and oxygen atoms in total. The predicted molar refractivity (Wildman–Crippen MR) is 127 cm³/mol. The van der Waals surface area contributed by atoms with E-state index in [4.69, 9.17) is 21.1 Å². The average molecular weight is 455 g/mol. The summed E-state index contributed by atoms with van der Waals surface area (Å²) < 4.78 is 10.9. The number of aromatic nitrogens is 1. The SMILES string of the molecule is COc1cc2nccc(CN3CCC(NC(=O)Nc4cccc(Cl)c4)CC3)c2cc1OC. The van der Waals surface area contributed by atoms with Gasteiger partial charge in [0.2, 0.25) is 0 Å². The molecule has 2 amide bonds. The number of fused-ring (bicyclic) bond motifs is 1. The van der Waals surface area contributed by atoms with Gasteiger partial charge in [0.05, 0.1) is 19.7 Å². The van der Waals surface area contributed by atoms with Crippen LogP contribution in [0.2, 0.25) is 5.02 Å². The predicted octanol–water partition coefficient (Wildman–Crippen LogP) is 4.69. The molecule has 168 valence electrons. The van der Waals surface area contributed by atoms with E-state index in [0.29, 0.717) is 22.2 Å². The number of halogens is 1. The van der Waals surface area contributed by atoms with Crippen LogP contribution in [0, 0.1) is 0 Å². The number of carbonyl (C=O) groups is 1. The fourth-order valence-electron chi connectivity index (χ4n) is 4.06. The molecule has 0 unspecified atom stereocenters. The number of nitrogens with one attached hydrogen (secondary N) is 2. The van der Waals surface area contributed by atoms with Gasteiger partial charge in [0.1, 0.15) is 0 Å². The van der Waals surface area contributed by atoms with Gasteiger partial charge in [-0.1, -0.05) is 17.7 Å². The van der Waals surface area contributed by atoms with Crippen molar-refractivity contribution in [3.05, 3.63) is 59.2 Å². The average Bonchev–Trinajstić information content (AvgIpc) is 2.79. The first-order chi connectivity index (χ1) is 15.6. The van der Waals surface area contributed by atoms with Crippen LogP contribution in [0.5, 0.6) is 11.5 Å². The summed E-state index contributed by atoms with van der Waals surface area (Å²) in [5.74, 6) is 1.37. The lowest BCUT2D eigenvalue weighted by atomic mass is 10.0. The molecule has 2 N–H and O–H groups in total. The summed E-state index contributed by atoms with van der Waals surface area (Å²) in [6.07, 6.45) is 3.62. The molecule has 1 aliphatic heterocycles. The highest BCUT2D eigenvalue weighted by Gasteiger charge is 2.21. The fraction of sp³-hybridized carbons (Fsp3) is 0.333. The smallest absolute Gasteiger partial charge is 0.319 e. The Kier molecular flexibility index (Phi) is 6.97. The number of piperidine rings is 1. The van der Waals surface area contributed by atoms with Crippen LogP contribution in [0.1, 0.15) is 18.4 Å². The first-order valence-electron chi connectivity index (χ1n) is 10.6. The molecule has 3 aromatic rings. The number of methoxy groups -OCH3 is 2. The Morgan fingerprint density at radius 3 is 2.59 bits per heavy atom. The van der Waals surface area contributed by atoms with Crippen LogP contribution in [0.3, 0.4) is 0 Å². The summed E-state index contributed by atoms with van der Waals surface area (Å²) in [5, 5.41) is 7.57. The van der Waals surface area contributed by atoms with Gasteiger partial charge in [-0.2, -0.15) is 0 Å². The minimum atomic E-state index is -0.202. The number of carbonyl (C=O) groups excluding carboxylic acids is 1. The lowest BCUT2D eigenvalue weighted by molar-refractivity contribution is 0.190. The van der Waals surface area contributed by atoms with E-state index < -0.39 is 0 Å². The van der Waals surface area contributed by atoms with E-state index in [1.165, 1.54) is 5.56 Å². The van der Waals surface area contributed by atoms with E-state index in [1.54, 1.807) is 26.4 Å². The van der Waals surface area contributed by atoms with Crippen LogP contribution in [-0.4, -0.2) is 49.3 Å². The van der Waals surface area contributed by atoms with E-state index in [9.17, 15) is 4.79 Å². The number of likely N-dealkylation sites (tertiary alicyclic amines) is 1. The van der Waals surface area contributed by atoms with Gasteiger partial charge in [-0.25, -0.2) is 4.79 Å². The maximum atomic E-state index is 12.3. The molecule has 2 heterocycles. The van der Waals surface area contributed by atoms with Crippen molar-refractivity contribution >= 4 is 34.2 Å². The van der Waals surface area contributed by atoms with Crippen molar-refractivity contribution in [3.63, 3.8) is 0 Å². The lowest BCUT2D eigenvalue weighted by Gasteiger charge is -2.32. The molecule has 0 saturated carbocycles. The minimum Gasteiger partial charge on any atom is -0.493 e. The zero-order chi connectivity index (χ0) is 22.5. The number of hydrogen-bond donors (Lipinski definition) is 2. The third kappa shape index (κ3) is 5.23. The number of ether oxygens (including phenoxy) is 2. The van der Waals surface area contributed by atoms with Crippen LogP contribution in [0.25, 0.3) is 10.9 Å². The highest BCUT2D eigenvalue weighted by Crippen LogP contribution is 2.33. The Bertz CT molecular complexity index is 1100. The largest absolute Gasteiger partial charge is 0.493 e. The molecule has 1 fully saturated rings. The van der Waals surface area contributed by atoms with E-state index in [0.717, 1.165) is 43.4 Å². The Labute approximate surface area is 192 Å². The summed E-state index contributed by atoms with van der Waals surface area (Å²) in [7, 11) is 3.26. The van der Waals surface area contributed by atoms with Gasteiger partial charge in [0.25, 0.3) is 0 Å². The van der Waals surface area contributed by atoms with Crippen LogP contribution in [0.15, 0.2) is 48.7 Å². The summed E-state index contributed by atoms with van der Waals surface area (Å²) in [6, 6.07) is 13.0. The number of hydrogen-bond acceptors (Lipinski definition) is 5. The number of nitrogens with zero attached hydrogens (tertiary/aromatic N) is 2. The van der Waals surface area contributed by atoms with E-state index >= 15 is 0 Å². The summed E-state index contributed by atoms with van der Waals surface area (Å²) in [4.78, 5) is 19.2. The van der Waals surface area contributed by atoms with Gasteiger partial charge in [0, 0.05) is 54.0 Å². The highest BCUT2D eigenvalue weighted by molar-refractivity contribution is 6.30. The number of rotatable bonds is 6. The molecule has 32 heavy (non-hydrogen) atoms. The maximum absolute atomic E-state index is 12.3. The van der Waals surface area contributed by atoms with Gasteiger partial charge < -0.3 is 20.1 Å². The molecule has 4 rings (SSSR count). The zero-order valence-electron chi connectivity index (χ0n) is 18.2. The first kappa shape index (κ1) is 22.2.